The number of hydrogen-bond donors (Lipinski definition) is 1. The first-order valence-corrected chi connectivity index (χ1v) is 14.5. The Morgan fingerprint density at radius 3 is 1.72 bits per heavy atom. The van der Waals surface area contributed by atoms with Gasteiger partial charge < -0.3 is 43.0 Å². The lowest BCUT2D eigenvalue weighted by molar-refractivity contribution is 0.0242. The number of carbonyl (C=O) groups excluding carboxylic acids is 3. The van der Waals surface area contributed by atoms with Crippen LogP contribution in [0.15, 0.2) is 48.5 Å². The largest absolute Gasteiger partial charge is 0.493 e. The molecule has 1 unspecified atom stereocenters. The fraction of sp³-hybridized carbons (Fsp3) is 0.344. The van der Waals surface area contributed by atoms with Crippen LogP contribution in [0.5, 0.6) is 34.5 Å². The van der Waals surface area contributed by atoms with Gasteiger partial charge in [-0.1, -0.05) is 23.7 Å². The maximum atomic E-state index is 14.0. The zero-order valence-electron chi connectivity index (χ0n) is 26.4. The maximum absolute atomic E-state index is 14.0. The Labute approximate surface area is 271 Å². The first-order chi connectivity index (χ1) is 22.2. The van der Waals surface area contributed by atoms with Crippen molar-refractivity contribution in [1.29, 1.82) is 0 Å². The Morgan fingerprint density at radius 1 is 0.739 bits per heavy atom. The standard InChI is InChI=1S/C32H36ClN3O10/c1-40-24-13-19(14-25(41-2)28(24)44-5)30(37)35-11-12-36(31(38)20-15-26(42-3)29(45-6)27(16-20)43-4)21(17-35)18-46-32(39)34-23-10-8-7-9-22(23)33/h7-10,13-16,21H,11-12,17-18H2,1-6H3,(H,34,39). The molecule has 0 bridgehead atoms. The van der Waals surface area contributed by atoms with Gasteiger partial charge in [0.1, 0.15) is 6.61 Å². The van der Waals surface area contributed by atoms with E-state index in [2.05, 4.69) is 5.32 Å². The van der Waals surface area contributed by atoms with Gasteiger partial charge in [-0.05, 0) is 36.4 Å². The molecule has 14 heteroatoms. The van der Waals surface area contributed by atoms with Crippen LogP contribution in [0.4, 0.5) is 10.5 Å². The van der Waals surface area contributed by atoms with Crippen molar-refractivity contribution in [3.63, 3.8) is 0 Å². The predicted octanol–water partition coefficient (Wildman–Crippen LogP) is 4.61. The minimum Gasteiger partial charge on any atom is -0.493 e. The monoisotopic (exact) mass is 657 g/mol. The molecular formula is C32H36ClN3O10. The fourth-order valence-electron chi connectivity index (χ4n) is 5.09. The van der Waals surface area contributed by atoms with E-state index in [0.29, 0.717) is 45.2 Å². The average Bonchev–Trinajstić information content (AvgIpc) is 3.09. The molecule has 46 heavy (non-hydrogen) atoms. The molecule has 1 atom stereocenters. The van der Waals surface area contributed by atoms with E-state index in [1.165, 1.54) is 42.7 Å². The summed E-state index contributed by atoms with van der Waals surface area (Å²) in [5, 5.41) is 2.93. The van der Waals surface area contributed by atoms with Crippen molar-refractivity contribution in [2.75, 3.05) is 74.2 Å². The number of methoxy groups -OCH3 is 6. The van der Waals surface area contributed by atoms with Crippen LogP contribution < -0.4 is 33.7 Å². The molecule has 246 valence electrons. The average molecular weight is 658 g/mol. The summed E-state index contributed by atoms with van der Waals surface area (Å²) in [4.78, 5) is 43.6. The second-order valence-corrected chi connectivity index (χ2v) is 10.3. The molecule has 0 radical (unpaired) electrons. The molecule has 0 aliphatic carbocycles. The molecule has 13 nitrogen and oxygen atoms in total. The third-order valence-electron chi connectivity index (χ3n) is 7.37. The molecule has 3 aromatic carbocycles. The molecule has 1 aliphatic heterocycles. The Morgan fingerprint density at radius 2 is 1.24 bits per heavy atom. The molecule has 4 rings (SSSR count). The van der Waals surface area contributed by atoms with Gasteiger partial charge in [0.25, 0.3) is 11.8 Å². The second kappa shape index (κ2) is 15.3. The quantitative estimate of drug-likeness (QED) is 0.312. The number of nitrogens with one attached hydrogen (secondary N) is 1. The van der Waals surface area contributed by atoms with Crippen LogP contribution in [0, 0.1) is 0 Å². The molecule has 3 amide bonds. The van der Waals surface area contributed by atoms with E-state index < -0.39 is 12.1 Å². The smallest absolute Gasteiger partial charge is 0.411 e. The van der Waals surface area contributed by atoms with E-state index in [1.807, 2.05) is 0 Å². The van der Waals surface area contributed by atoms with Gasteiger partial charge in [0.05, 0.1) is 59.4 Å². The van der Waals surface area contributed by atoms with Crippen LogP contribution in [0.2, 0.25) is 5.02 Å². The number of hydrogen-bond acceptors (Lipinski definition) is 10. The lowest BCUT2D eigenvalue weighted by Crippen LogP contribution is -2.58. The molecular weight excluding hydrogens is 622 g/mol. The van der Waals surface area contributed by atoms with E-state index in [4.69, 9.17) is 44.8 Å². The zero-order chi connectivity index (χ0) is 33.4. The van der Waals surface area contributed by atoms with Crippen LogP contribution in [-0.2, 0) is 4.74 Å². The Hall–Kier alpha value is -5.04. The number of piperazine rings is 1. The number of ether oxygens (including phenoxy) is 7. The van der Waals surface area contributed by atoms with Gasteiger partial charge in [0.2, 0.25) is 11.5 Å². The third-order valence-corrected chi connectivity index (χ3v) is 7.70. The van der Waals surface area contributed by atoms with Crippen molar-refractivity contribution in [2.24, 2.45) is 0 Å². The number of nitrogens with zero attached hydrogens (tertiary/aromatic N) is 2. The number of rotatable bonds is 11. The highest BCUT2D eigenvalue weighted by atomic mass is 35.5. The van der Waals surface area contributed by atoms with Gasteiger partial charge in [0, 0.05) is 30.8 Å². The second-order valence-electron chi connectivity index (χ2n) is 9.93. The molecule has 1 heterocycles. The molecule has 1 fully saturated rings. The van der Waals surface area contributed by atoms with E-state index >= 15 is 0 Å². The van der Waals surface area contributed by atoms with Gasteiger partial charge in [-0.3, -0.25) is 14.9 Å². The van der Waals surface area contributed by atoms with Crippen molar-refractivity contribution in [3.05, 3.63) is 64.7 Å². The number of carbonyl (C=O) groups is 3. The predicted molar refractivity (Wildman–Crippen MR) is 169 cm³/mol. The van der Waals surface area contributed by atoms with Crippen molar-refractivity contribution in [2.45, 2.75) is 6.04 Å². The van der Waals surface area contributed by atoms with Crippen LogP contribution >= 0.6 is 11.6 Å². The van der Waals surface area contributed by atoms with Gasteiger partial charge in [-0.25, -0.2) is 4.79 Å². The molecule has 1 saturated heterocycles. The van der Waals surface area contributed by atoms with E-state index in [0.717, 1.165) is 0 Å². The summed E-state index contributed by atoms with van der Waals surface area (Å²) in [6, 6.07) is 12.2. The highest BCUT2D eigenvalue weighted by Gasteiger charge is 2.35. The lowest BCUT2D eigenvalue weighted by atomic mass is 10.1. The van der Waals surface area contributed by atoms with Crippen molar-refractivity contribution < 1.29 is 47.5 Å². The number of anilines is 1. The third kappa shape index (κ3) is 7.26. The fourth-order valence-corrected chi connectivity index (χ4v) is 5.27. The summed E-state index contributed by atoms with van der Waals surface area (Å²) >= 11 is 6.17. The normalized spacial score (nSPS) is 14.2. The minimum atomic E-state index is -0.777. The zero-order valence-corrected chi connectivity index (χ0v) is 27.1. The topological polar surface area (TPSA) is 134 Å². The van der Waals surface area contributed by atoms with Crippen molar-refractivity contribution >= 4 is 35.2 Å². The number of benzene rings is 3. The van der Waals surface area contributed by atoms with E-state index in [1.54, 1.807) is 58.3 Å². The Kier molecular flexibility index (Phi) is 11.3. The molecule has 1 N–H and O–H groups in total. The first kappa shape index (κ1) is 33.8. The van der Waals surface area contributed by atoms with Gasteiger partial charge in [-0.15, -0.1) is 0 Å². The Bertz CT molecular complexity index is 1530. The van der Waals surface area contributed by atoms with Crippen LogP contribution in [0.25, 0.3) is 0 Å². The van der Waals surface area contributed by atoms with Gasteiger partial charge in [-0.2, -0.15) is 0 Å². The first-order valence-electron chi connectivity index (χ1n) is 14.1. The van der Waals surface area contributed by atoms with Crippen molar-refractivity contribution in [3.8, 4) is 34.5 Å². The van der Waals surface area contributed by atoms with Crippen LogP contribution in [-0.4, -0.2) is 103 Å². The maximum Gasteiger partial charge on any atom is 0.411 e. The summed E-state index contributed by atoms with van der Waals surface area (Å²) in [5.74, 6) is 1.18. The van der Waals surface area contributed by atoms with E-state index in [-0.39, 0.29) is 49.2 Å². The minimum absolute atomic E-state index is 0.0467. The summed E-state index contributed by atoms with van der Waals surface area (Å²) in [6.45, 7) is 0.135. The van der Waals surface area contributed by atoms with Crippen molar-refractivity contribution in [1.82, 2.24) is 9.80 Å². The van der Waals surface area contributed by atoms with Gasteiger partial charge in [0.15, 0.2) is 23.0 Å². The summed E-state index contributed by atoms with van der Waals surface area (Å²) in [5.41, 5.74) is 0.904. The highest BCUT2D eigenvalue weighted by molar-refractivity contribution is 6.33. The summed E-state index contributed by atoms with van der Waals surface area (Å²) in [6.07, 6.45) is -0.777. The number of amides is 3. The SMILES string of the molecule is COc1cc(C(=O)N2CCN(C(=O)c3cc(OC)c(OC)c(OC)c3)C(COC(=O)Nc3ccccc3Cl)C2)cc(OC)c1OC. The number of para-hydroxylation sites is 1. The lowest BCUT2D eigenvalue weighted by Gasteiger charge is -2.41. The molecule has 0 saturated carbocycles. The van der Waals surface area contributed by atoms with E-state index in [9.17, 15) is 14.4 Å². The number of halogens is 1. The van der Waals surface area contributed by atoms with Crippen LogP contribution in [0.1, 0.15) is 20.7 Å². The van der Waals surface area contributed by atoms with Crippen LogP contribution in [0.3, 0.4) is 0 Å². The molecule has 0 aromatic heterocycles. The highest BCUT2D eigenvalue weighted by Crippen LogP contribution is 2.40. The summed E-state index contributed by atoms with van der Waals surface area (Å²) < 4.78 is 38.0. The Balaban J connectivity index is 1.62. The molecule has 1 aliphatic rings. The molecule has 0 spiro atoms. The summed E-state index contributed by atoms with van der Waals surface area (Å²) in [7, 11) is 8.76. The van der Waals surface area contributed by atoms with Gasteiger partial charge >= 0.3 is 6.09 Å². The molecule has 3 aromatic rings.